The number of carbonyl (C=O) groups excluding carboxylic acids is 1. The van der Waals surface area contributed by atoms with Gasteiger partial charge in [0.15, 0.2) is 0 Å². The summed E-state index contributed by atoms with van der Waals surface area (Å²) in [5.41, 5.74) is 5.00. The highest BCUT2D eigenvalue weighted by molar-refractivity contribution is 6.32. The molecule has 0 aliphatic heterocycles. The lowest BCUT2D eigenvalue weighted by atomic mass is 10.1. The maximum absolute atomic E-state index is 12.6. The number of nitrogens with one attached hydrogen (secondary N) is 2. The van der Waals surface area contributed by atoms with E-state index in [4.69, 9.17) is 16.3 Å². The number of anilines is 1. The predicted octanol–water partition coefficient (Wildman–Crippen LogP) is 5.45. The summed E-state index contributed by atoms with van der Waals surface area (Å²) in [7, 11) is 1.53. The Kier molecular flexibility index (Phi) is 4.75. The van der Waals surface area contributed by atoms with Crippen LogP contribution in [0.2, 0.25) is 5.02 Å². The maximum atomic E-state index is 12.6. The molecular weight excluding hydrogens is 374 g/mol. The molecule has 0 aliphatic rings. The van der Waals surface area contributed by atoms with E-state index in [-0.39, 0.29) is 5.91 Å². The number of amides is 1. The lowest BCUT2D eigenvalue weighted by molar-refractivity contribution is 0.102. The number of imidazole rings is 1. The van der Waals surface area contributed by atoms with Gasteiger partial charge in [0.2, 0.25) is 0 Å². The van der Waals surface area contributed by atoms with E-state index in [0.717, 1.165) is 28.0 Å². The molecule has 1 heterocycles. The van der Waals surface area contributed by atoms with Crippen LogP contribution in [0.15, 0.2) is 60.7 Å². The number of H-pyrrole nitrogens is 1. The van der Waals surface area contributed by atoms with Crippen LogP contribution < -0.4 is 10.1 Å². The molecule has 0 atom stereocenters. The number of nitrogens with zero attached hydrogens (tertiary/aromatic N) is 1. The van der Waals surface area contributed by atoms with Gasteiger partial charge in [0.05, 0.1) is 23.2 Å². The molecule has 2 N–H and O–H groups in total. The second-order valence-corrected chi connectivity index (χ2v) is 6.84. The van der Waals surface area contributed by atoms with Gasteiger partial charge in [-0.15, -0.1) is 0 Å². The number of halogens is 1. The van der Waals surface area contributed by atoms with Crippen LogP contribution in [0.25, 0.3) is 22.4 Å². The predicted molar refractivity (Wildman–Crippen MR) is 112 cm³/mol. The first-order valence-electron chi connectivity index (χ1n) is 8.76. The molecule has 0 unspecified atom stereocenters. The molecule has 4 rings (SSSR count). The molecule has 28 heavy (non-hydrogen) atoms. The second kappa shape index (κ2) is 7.37. The van der Waals surface area contributed by atoms with E-state index < -0.39 is 0 Å². The summed E-state index contributed by atoms with van der Waals surface area (Å²) < 4.78 is 5.13. The zero-order chi connectivity index (χ0) is 19.7. The molecule has 5 nitrogen and oxygen atoms in total. The molecule has 1 amide bonds. The van der Waals surface area contributed by atoms with Crippen molar-refractivity contribution in [3.05, 3.63) is 76.8 Å². The summed E-state index contributed by atoms with van der Waals surface area (Å²) in [6.45, 7) is 2.01. The second-order valence-electron chi connectivity index (χ2n) is 6.44. The van der Waals surface area contributed by atoms with Crippen molar-refractivity contribution in [3.63, 3.8) is 0 Å². The first kappa shape index (κ1) is 18.1. The number of para-hydroxylation sites is 2. The van der Waals surface area contributed by atoms with Crippen LogP contribution in [0.1, 0.15) is 15.9 Å². The number of methoxy groups -OCH3 is 1. The van der Waals surface area contributed by atoms with Gasteiger partial charge in [0.25, 0.3) is 5.91 Å². The van der Waals surface area contributed by atoms with Crippen LogP contribution in [0.5, 0.6) is 5.75 Å². The van der Waals surface area contributed by atoms with Gasteiger partial charge in [-0.2, -0.15) is 0 Å². The van der Waals surface area contributed by atoms with Gasteiger partial charge in [0, 0.05) is 16.8 Å². The lowest BCUT2D eigenvalue weighted by Crippen LogP contribution is -2.12. The molecule has 6 heteroatoms. The smallest absolute Gasteiger partial charge is 0.255 e. The van der Waals surface area contributed by atoms with Gasteiger partial charge in [-0.3, -0.25) is 4.79 Å². The van der Waals surface area contributed by atoms with Crippen molar-refractivity contribution in [1.29, 1.82) is 0 Å². The molecule has 0 saturated heterocycles. The van der Waals surface area contributed by atoms with Gasteiger partial charge in [-0.05, 0) is 55.0 Å². The van der Waals surface area contributed by atoms with Gasteiger partial charge in [-0.1, -0.05) is 29.8 Å². The Hall–Kier alpha value is -3.31. The van der Waals surface area contributed by atoms with Crippen molar-refractivity contribution in [2.75, 3.05) is 12.4 Å². The van der Waals surface area contributed by atoms with Crippen LogP contribution >= 0.6 is 11.6 Å². The number of hydrogen-bond acceptors (Lipinski definition) is 3. The molecule has 0 radical (unpaired) electrons. The number of hydrogen-bond donors (Lipinski definition) is 2. The molecule has 0 saturated carbocycles. The summed E-state index contributed by atoms with van der Waals surface area (Å²) in [5.74, 6) is 1.05. The maximum Gasteiger partial charge on any atom is 0.255 e. The summed E-state index contributed by atoms with van der Waals surface area (Å²) >= 11 is 6.12. The standard InChI is InChI=1S/C22H18ClN3O2/c1-13-7-9-15(24-22(27)14-8-10-20(28-2)17(23)11-14)12-16(13)21-25-18-5-3-4-6-19(18)26-21/h3-12H,1-2H3,(H,24,27)(H,25,26). The monoisotopic (exact) mass is 391 g/mol. The van der Waals surface area contributed by atoms with Crippen molar-refractivity contribution in [3.8, 4) is 17.1 Å². The molecule has 0 spiro atoms. The topological polar surface area (TPSA) is 67.0 Å². The van der Waals surface area contributed by atoms with Crippen molar-refractivity contribution in [2.24, 2.45) is 0 Å². The first-order chi connectivity index (χ1) is 13.5. The number of aromatic amines is 1. The highest BCUT2D eigenvalue weighted by Gasteiger charge is 2.12. The number of carbonyl (C=O) groups is 1. The fourth-order valence-electron chi connectivity index (χ4n) is 3.05. The number of ether oxygens (including phenoxy) is 1. The highest BCUT2D eigenvalue weighted by atomic mass is 35.5. The Morgan fingerprint density at radius 3 is 2.68 bits per heavy atom. The number of rotatable bonds is 4. The SMILES string of the molecule is COc1ccc(C(=O)Nc2ccc(C)c(-c3nc4ccccc4[nH]3)c2)cc1Cl. The van der Waals surface area contributed by atoms with Crippen molar-refractivity contribution >= 4 is 34.2 Å². The van der Waals surface area contributed by atoms with E-state index in [1.165, 1.54) is 7.11 Å². The van der Waals surface area contributed by atoms with Gasteiger partial charge in [-0.25, -0.2) is 4.98 Å². The number of aromatic nitrogens is 2. The molecule has 0 fully saturated rings. The fraction of sp³-hybridized carbons (Fsp3) is 0.0909. The van der Waals surface area contributed by atoms with Crippen molar-refractivity contribution < 1.29 is 9.53 Å². The molecule has 3 aromatic carbocycles. The summed E-state index contributed by atoms with van der Waals surface area (Å²) in [5, 5.41) is 3.30. The van der Waals surface area contributed by atoms with Crippen LogP contribution in [0, 0.1) is 6.92 Å². The Bertz CT molecular complexity index is 1150. The molecule has 0 aliphatic carbocycles. The van der Waals surface area contributed by atoms with E-state index >= 15 is 0 Å². The first-order valence-corrected chi connectivity index (χ1v) is 9.13. The molecular formula is C22H18ClN3O2. The highest BCUT2D eigenvalue weighted by Crippen LogP contribution is 2.28. The molecule has 140 valence electrons. The van der Waals surface area contributed by atoms with Gasteiger partial charge in [0.1, 0.15) is 11.6 Å². The molecule has 0 bridgehead atoms. The average Bonchev–Trinajstić information content (AvgIpc) is 3.13. The van der Waals surface area contributed by atoms with Crippen LogP contribution in [-0.4, -0.2) is 23.0 Å². The number of aryl methyl sites for hydroxylation is 1. The van der Waals surface area contributed by atoms with Crippen molar-refractivity contribution in [2.45, 2.75) is 6.92 Å². The van der Waals surface area contributed by atoms with Crippen LogP contribution in [0.4, 0.5) is 5.69 Å². The van der Waals surface area contributed by atoms with E-state index in [1.54, 1.807) is 18.2 Å². The minimum atomic E-state index is -0.246. The van der Waals surface area contributed by atoms with Gasteiger partial charge >= 0.3 is 0 Å². The van der Waals surface area contributed by atoms with E-state index in [0.29, 0.717) is 22.0 Å². The number of benzene rings is 3. The van der Waals surface area contributed by atoms with Gasteiger partial charge < -0.3 is 15.0 Å². The minimum Gasteiger partial charge on any atom is -0.495 e. The molecule has 1 aromatic heterocycles. The van der Waals surface area contributed by atoms with Crippen LogP contribution in [-0.2, 0) is 0 Å². The summed E-state index contributed by atoms with van der Waals surface area (Å²) in [4.78, 5) is 20.6. The third-order valence-corrected chi connectivity index (χ3v) is 4.85. The van der Waals surface area contributed by atoms with E-state index in [2.05, 4.69) is 15.3 Å². The fourth-order valence-corrected chi connectivity index (χ4v) is 3.30. The zero-order valence-corrected chi connectivity index (χ0v) is 16.2. The zero-order valence-electron chi connectivity index (χ0n) is 15.4. The third-order valence-electron chi connectivity index (χ3n) is 4.55. The third kappa shape index (κ3) is 3.44. The summed E-state index contributed by atoms with van der Waals surface area (Å²) in [6.07, 6.45) is 0. The number of fused-ring (bicyclic) bond motifs is 1. The van der Waals surface area contributed by atoms with Crippen LogP contribution in [0.3, 0.4) is 0 Å². The van der Waals surface area contributed by atoms with E-state index in [9.17, 15) is 4.79 Å². The Morgan fingerprint density at radius 2 is 1.93 bits per heavy atom. The minimum absolute atomic E-state index is 0.246. The Morgan fingerprint density at radius 1 is 1.11 bits per heavy atom. The Labute approximate surface area is 167 Å². The van der Waals surface area contributed by atoms with E-state index in [1.807, 2.05) is 49.4 Å². The molecule has 4 aromatic rings. The summed E-state index contributed by atoms with van der Waals surface area (Å²) in [6, 6.07) is 18.5. The lowest BCUT2D eigenvalue weighted by Gasteiger charge is -2.10. The van der Waals surface area contributed by atoms with Crippen molar-refractivity contribution in [1.82, 2.24) is 9.97 Å². The largest absolute Gasteiger partial charge is 0.495 e. The quantitative estimate of drug-likeness (QED) is 0.486. The average molecular weight is 392 g/mol. The normalized spacial score (nSPS) is 10.8. The Balaban J connectivity index is 1.63.